The minimum atomic E-state index is -0.283. The van der Waals surface area contributed by atoms with Crippen LogP contribution in [-0.2, 0) is 4.79 Å². The minimum Gasteiger partial charge on any atom is -0.495 e. The van der Waals surface area contributed by atoms with Crippen LogP contribution < -0.4 is 14.8 Å². The predicted octanol–water partition coefficient (Wildman–Crippen LogP) is 3.19. The summed E-state index contributed by atoms with van der Waals surface area (Å²) in [7, 11) is 1.55. The van der Waals surface area contributed by atoms with Gasteiger partial charge in [-0.25, -0.2) is 0 Å². The molecule has 0 aliphatic rings. The Balaban J connectivity index is 1.50. The third kappa shape index (κ3) is 3.79. The van der Waals surface area contributed by atoms with E-state index in [1.807, 2.05) is 43.3 Å². The monoisotopic (exact) mass is 395 g/mol. The first kappa shape index (κ1) is 17.9. The number of fused-ring (bicyclic) bond motifs is 1. The van der Waals surface area contributed by atoms with Crippen molar-refractivity contribution in [2.75, 3.05) is 19.0 Å². The van der Waals surface area contributed by atoms with E-state index in [2.05, 4.69) is 20.6 Å². The van der Waals surface area contributed by atoms with Crippen LogP contribution in [0.25, 0.3) is 15.5 Å². The van der Waals surface area contributed by atoms with Crippen molar-refractivity contribution >= 4 is 27.9 Å². The number of nitrogens with one attached hydrogen (secondary N) is 1. The van der Waals surface area contributed by atoms with Crippen LogP contribution in [0.4, 0.5) is 5.69 Å². The summed E-state index contributed by atoms with van der Waals surface area (Å²) in [5.74, 6) is 0.908. The highest BCUT2D eigenvalue weighted by Gasteiger charge is 2.13. The van der Waals surface area contributed by atoms with Crippen LogP contribution in [0.15, 0.2) is 48.8 Å². The van der Waals surface area contributed by atoms with E-state index in [1.54, 1.807) is 24.0 Å². The van der Waals surface area contributed by atoms with Crippen molar-refractivity contribution in [2.45, 2.75) is 6.92 Å². The molecule has 2 aromatic carbocycles. The maximum absolute atomic E-state index is 12.3. The first-order chi connectivity index (χ1) is 13.6. The van der Waals surface area contributed by atoms with Gasteiger partial charge in [-0.15, -0.1) is 10.2 Å². The summed E-state index contributed by atoms with van der Waals surface area (Å²) in [6.45, 7) is 1.89. The molecular formula is C19H17N5O3S. The maximum atomic E-state index is 12.3. The van der Waals surface area contributed by atoms with Gasteiger partial charge in [-0.3, -0.25) is 4.79 Å². The molecule has 4 rings (SSSR count). The molecule has 0 unspecified atom stereocenters. The molecule has 0 bridgehead atoms. The van der Waals surface area contributed by atoms with Crippen LogP contribution in [0.5, 0.6) is 11.5 Å². The highest BCUT2D eigenvalue weighted by atomic mass is 32.1. The molecule has 0 aliphatic carbocycles. The number of hydrogen-bond donors (Lipinski definition) is 1. The van der Waals surface area contributed by atoms with Crippen molar-refractivity contribution in [3.63, 3.8) is 0 Å². The third-order valence-corrected chi connectivity index (χ3v) is 4.96. The number of rotatable bonds is 6. The molecule has 1 N–H and O–H groups in total. The molecule has 0 atom stereocenters. The summed E-state index contributed by atoms with van der Waals surface area (Å²) < 4.78 is 12.5. The van der Waals surface area contributed by atoms with Gasteiger partial charge >= 0.3 is 0 Å². The molecule has 0 aliphatic heterocycles. The molecule has 2 heterocycles. The number of aromatic nitrogens is 4. The average Bonchev–Trinajstić information content (AvgIpc) is 3.30. The van der Waals surface area contributed by atoms with Crippen LogP contribution in [-0.4, -0.2) is 39.4 Å². The lowest BCUT2D eigenvalue weighted by Gasteiger charge is -2.12. The molecular weight excluding hydrogens is 378 g/mol. The molecule has 0 saturated carbocycles. The second kappa shape index (κ2) is 7.65. The summed E-state index contributed by atoms with van der Waals surface area (Å²) in [6.07, 6.45) is 1.55. The number of anilines is 1. The Morgan fingerprint density at radius 2 is 2.04 bits per heavy atom. The predicted molar refractivity (Wildman–Crippen MR) is 106 cm³/mol. The van der Waals surface area contributed by atoms with Crippen LogP contribution >= 0.6 is 11.3 Å². The Morgan fingerprint density at radius 1 is 1.21 bits per heavy atom. The first-order valence-electron chi connectivity index (χ1n) is 8.47. The largest absolute Gasteiger partial charge is 0.495 e. The average molecular weight is 395 g/mol. The second-order valence-corrected chi connectivity index (χ2v) is 6.99. The van der Waals surface area contributed by atoms with Crippen molar-refractivity contribution in [3.05, 3.63) is 54.4 Å². The van der Waals surface area contributed by atoms with Crippen molar-refractivity contribution < 1.29 is 14.3 Å². The molecule has 0 radical (unpaired) electrons. The molecule has 1 amide bonds. The van der Waals surface area contributed by atoms with E-state index in [0.29, 0.717) is 22.1 Å². The SMILES string of the molecule is COc1ccc(-c2nn3cnnc3s2)cc1NC(=O)COc1ccc(C)cc1. The molecule has 0 fully saturated rings. The zero-order valence-corrected chi connectivity index (χ0v) is 16.1. The Hall–Kier alpha value is -3.46. The van der Waals surface area contributed by atoms with Crippen LogP contribution in [0.1, 0.15) is 5.56 Å². The Bertz CT molecular complexity index is 1090. The number of ether oxygens (including phenoxy) is 2. The fourth-order valence-corrected chi connectivity index (χ4v) is 3.40. The molecule has 28 heavy (non-hydrogen) atoms. The Morgan fingerprint density at radius 3 is 2.79 bits per heavy atom. The van der Waals surface area contributed by atoms with Gasteiger partial charge in [0.25, 0.3) is 5.91 Å². The Kier molecular flexibility index (Phi) is 4.90. The van der Waals surface area contributed by atoms with Crippen LogP contribution in [0, 0.1) is 6.92 Å². The Labute approximate surface area is 164 Å². The number of amides is 1. The van der Waals surface area contributed by atoms with Crippen molar-refractivity contribution in [2.24, 2.45) is 0 Å². The minimum absolute atomic E-state index is 0.104. The zero-order valence-electron chi connectivity index (χ0n) is 15.2. The lowest BCUT2D eigenvalue weighted by Crippen LogP contribution is -2.20. The van der Waals surface area contributed by atoms with Gasteiger partial charge < -0.3 is 14.8 Å². The molecule has 8 nitrogen and oxygen atoms in total. The van der Waals surface area contributed by atoms with Crippen LogP contribution in [0.2, 0.25) is 0 Å². The van der Waals surface area contributed by atoms with E-state index in [1.165, 1.54) is 11.3 Å². The number of benzene rings is 2. The fourth-order valence-electron chi connectivity index (χ4n) is 2.58. The van der Waals surface area contributed by atoms with Crippen LogP contribution in [0.3, 0.4) is 0 Å². The number of nitrogens with zero attached hydrogens (tertiary/aromatic N) is 4. The van der Waals surface area contributed by atoms with Gasteiger partial charge in [0, 0.05) is 5.56 Å². The van der Waals surface area contributed by atoms with Gasteiger partial charge in [-0.05, 0) is 37.3 Å². The molecule has 0 saturated heterocycles. The van der Waals surface area contributed by atoms with E-state index in [0.717, 1.165) is 16.1 Å². The summed E-state index contributed by atoms with van der Waals surface area (Å²) in [5, 5.41) is 15.8. The van der Waals surface area contributed by atoms with E-state index in [-0.39, 0.29) is 12.5 Å². The second-order valence-electron chi connectivity index (χ2n) is 6.03. The smallest absolute Gasteiger partial charge is 0.262 e. The zero-order chi connectivity index (χ0) is 19.5. The summed E-state index contributed by atoms with van der Waals surface area (Å²) >= 11 is 1.41. The molecule has 4 aromatic rings. The molecule has 0 spiro atoms. The van der Waals surface area contributed by atoms with Crippen molar-refractivity contribution in [1.82, 2.24) is 19.8 Å². The van der Waals surface area contributed by atoms with Gasteiger partial charge in [0.05, 0.1) is 12.8 Å². The number of carbonyl (C=O) groups is 1. The van der Waals surface area contributed by atoms with Crippen molar-refractivity contribution in [3.8, 4) is 22.1 Å². The first-order valence-corrected chi connectivity index (χ1v) is 9.28. The lowest BCUT2D eigenvalue weighted by atomic mass is 10.2. The van der Waals surface area contributed by atoms with E-state index < -0.39 is 0 Å². The molecule has 2 aromatic heterocycles. The van der Waals surface area contributed by atoms with E-state index >= 15 is 0 Å². The number of carbonyl (C=O) groups excluding carboxylic acids is 1. The molecule has 9 heteroatoms. The molecule has 142 valence electrons. The number of methoxy groups -OCH3 is 1. The summed E-state index contributed by atoms with van der Waals surface area (Å²) in [5.41, 5.74) is 2.51. The highest BCUT2D eigenvalue weighted by Crippen LogP contribution is 2.32. The van der Waals surface area contributed by atoms with Gasteiger partial charge in [-0.1, -0.05) is 29.0 Å². The summed E-state index contributed by atoms with van der Waals surface area (Å²) in [6, 6.07) is 13.0. The van der Waals surface area contributed by atoms with Gasteiger partial charge in [-0.2, -0.15) is 9.61 Å². The number of hydrogen-bond acceptors (Lipinski definition) is 7. The standard InChI is InChI=1S/C19H17N5O3S/c1-12-3-6-14(7-4-12)27-10-17(25)21-15-9-13(5-8-16(15)26-2)18-23-24-11-20-22-19(24)28-18/h3-9,11H,10H2,1-2H3,(H,21,25). The van der Waals surface area contributed by atoms with E-state index in [9.17, 15) is 4.79 Å². The fraction of sp³-hybridized carbons (Fsp3) is 0.158. The van der Waals surface area contributed by atoms with Crippen molar-refractivity contribution in [1.29, 1.82) is 0 Å². The topological polar surface area (TPSA) is 90.6 Å². The van der Waals surface area contributed by atoms with Gasteiger partial charge in [0.2, 0.25) is 4.96 Å². The van der Waals surface area contributed by atoms with E-state index in [4.69, 9.17) is 9.47 Å². The third-order valence-electron chi connectivity index (χ3n) is 4.00. The highest BCUT2D eigenvalue weighted by molar-refractivity contribution is 7.19. The number of aryl methyl sites for hydroxylation is 1. The maximum Gasteiger partial charge on any atom is 0.262 e. The van der Waals surface area contributed by atoms with Gasteiger partial charge in [0.1, 0.15) is 22.8 Å². The summed E-state index contributed by atoms with van der Waals surface area (Å²) in [4.78, 5) is 13.0. The normalized spacial score (nSPS) is 10.8. The van der Waals surface area contributed by atoms with Gasteiger partial charge in [0.15, 0.2) is 6.61 Å². The lowest BCUT2D eigenvalue weighted by molar-refractivity contribution is -0.118. The quantitative estimate of drug-likeness (QED) is 0.539.